The first-order chi connectivity index (χ1) is 10.5. The number of nitrogens with zero attached hydrogens (tertiary/aromatic N) is 1. The van der Waals surface area contributed by atoms with Gasteiger partial charge in [0.15, 0.2) is 5.78 Å². The van der Waals surface area contributed by atoms with Crippen LogP contribution >= 0.6 is 0 Å². The molecule has 0 aliphatic rings. The Labute approximate surface area is 129 Å². The highest BCUT2D eigenvalue weighted by Gasteiger charge is 2.25. The number of aromatic nitrogens is 1. The number of carbonyl (C=O) groups excluding carboxylic acids is 2. The fraction of sp³-hybridized carbons (Fsp3) is 0.353. The molecule has 0 bridgehead atoms. The lowest BCUT2D eigenvalue weighted by atomic mass is 9.95. The second-order valence-corrected chi connectivity index (χ2v) is 4.98. The zero-order valence-corrected chi connectivity index (χ0v) is 13.2. The van der Waals surface area contributed by atoms with Crippen molar-refractivity contribution >= 4 is 22.7 Å². The van der Waals surface area contributed by atoms with E-state index in [2.05, 4.69) is 9.72 Å². The van der Waals surface area contributed by atoms with Crippen molar-refractivity contribution in [1.82, 2.24) is 4.98 Å². The number of esters is 1. The SMILES string of the molecule is CCc1ccc2c(C(=O)C(C)C(=O)OC)ccc(OC)c2n1. The summed E-state index contributed by atoms with van der Waals surface area (Å²) < 4.78 is 9.97. The maximum absolute atomic E-state index is 12.5. The van der Waals surface area contributed by atoms with Crippen LogP contribution in [0.5, 0.6) is 5.75 Å². The van der Waals surface area contributed by atoms with Gasteiger partial charge in [-0.3, -0.25) is 9.59 Å². The quantitative estimate of drug-likeness (QED) is 0.482. The molecule has 0 amide bonds. The summed E-state index contributed by atoms with van der Waals surface area (Å²) in [4.78, 5) is 28.7. The summed E-state index contributed by atoms with van der Waals surface area (Å²) >= 11 is 0. The lowest BCUT2D eigenvalue weighted by molar-refractivity contribution is -0.143. The molecule has 0 fully saturated rings. The Balaban J connectivity index is 2.60. The Hall–Kier alpha value is -2.43. The van der Waals surface area contributed by atoms with Crippen LogP contribution in [0.2, 0.25) is 0 Å². The van der Waals surface area contributed by atoms with Crippen LogP contribution in [0.4, 0.5) is 0 Å². The van der Waals surface area contributed by atoms with Gasteiger partial charge >= 0.3 is 5.97 Å². The van der Waals surface area contributed by atoms with Crippen molar-refractivity contribution in [3.05, 3.63) is 35.5 Å². The van der Waals surface area contributed by atoms with E-state index in [-0.39, 0.29) is 5.78 Å². The molecule has 5 heteroatoms. The van der Waals surface area contributed by atoms with E-state index in [9.17, 15) is 9.59 Å². The van der Waals surface area contributed by atoms with Crippen LogP contribution in [0.15, 0.2) is 24.3 Å². The van der Waals surface area contributed by atoms with Crippen molar-refractivity contribution in [3.63, 3.8) is 0 Å². The van der Waals surface area contributed by atoms with Gasteiger partial charge in [-0.15, -0.1) is 0 Å². The number of fused-ring (bicyclic) bond motifs is 1. The molecule has 0 saturated heterocycles. The van der Waals surface area contributed by atoms with Gasteiger partial charge in [-0.1, -0.05) is 13.0 Å². The van der Waals surface area contributed by atoms with Crippen LogP contribution in [0, 0.1) is 5.92 Å². The third-order valence-electron chi connectivity index (χ3n) is 3.67. The van der Waals surface area contributed by atoms with Crippen LogP contribution in [0.1, 0.15) is 29.9 Å². The van der Waals surface area contributed by atoms with Crippen molar-refractivity contribution in [2.24, 2.45) is 5.92 Å². The number of Topliss-reactive ketones (excluding diaryl/α,β-unsaturated/α-hetero) is 1. The van der Waals surface area contributed by atoms with E-state index in [1.807, 2.05) is 19.1 Å². The lowest BCUT2D eigenvalue weighted by Crippen LogP contribution is -2.22. The summed E-state index contributed by atoms with van der Waals surface area (Å²) in [6, 6.07) is 7.09. The van der Waals surface area contributed by atoms with Crippen LogP contribution in [-0.2, 0) is 16.0 Å². The predicted octanol–water partition coefficient (Wildman–Crippen LogP) is 2.80. The van der Waals surface area contributed by atoms with Gasteiger partial charge < -0.3 is 9.47 Å². The molecule has 0 aliphatic carbocycles. The summed E-state index contributed by atoms with van der Waals surface area (Å²) in [7, 11) is 2.83. The molecule has 0 N–H and O–H groups in total. The molecule has 0 saturated carbocycles. The second-order valence-electron chi connectivity index (χ2n) is 4.98. The topological polar surface area (TPSA) is 65.5 Å². The molecule has 116 valence electrons. The summed E-state index contributed by atoms with van der Waals surface area (Å²) in [5, 5.41) is 0.678. The maximum atomic E-state index is 12.5. The Morgan fingerprint density at radius 2 is 1.91 bits per heavy atom. The van der Waals surface area contributed by atoms with E-state index in [1.54, 1.807) is 19.2 Å². The molecule has 0 spiro atoms. The van der Waals surface area contributed by atoms with Gasteiger partial charge in [0.2, 0.25) is 0 Å². The monoisotopic (exact) mass is 301 g/mol. The minimum Gasteiger partial charge on any atom is -0.494 e. The van der Waals surface area contributed by atoms with Crippen LogP contribution < -0.4 is 4.74 Å². The predicted molar refractivity (Wildman–Crippen MR) is 83.2 cm³/mol. The number of hydrogen-bond donors (Lipinski definition) is 0. The number of benzene rings is 1. The van der Waals surface area contributed by atoms with E-state index in [4.69, 9.17) is 4.74 Å². The molecule has 1 heterocycles. The average Bonchev–Trinajstić information content (AvgIpc) is 2.58. The first-order valence-corrected chi connectivity index (χ1v) is 7.12. The number of ether oxygens (including phenoxy) is 2. The Bertz CT molecular complexity index is 724. The van der Waals surface area contributed by atoms with Crippen molar-refractivity contribution in [1.29, 1.82) is 0 Å². The number of aryl methyl sites for hydroxylation is 1. The number of pyridine rings is 1. The number of ketones is 1. The first-order valence-electron chi connectivity index (χ1n) is 7.12. The van der Waals surface area contributed by atoms with Gasteiger partial charge in [-0.25, -0.2) is 4.98 Å². The fourth-order valence-corrected chi connectivity index (χ4v) is 2.33. The molecule has 0 radical (unpaired) electrons. The van der Waals surface area contributed by atoms with E-state index < -0.39 is 11.9 Å². The molecule has 1 atom stereocenters. The van der Waals surface area contributed by atoms with Crippen LogP contribution in [0.3, 0.4) is 0 Å². The molecule has 22 heavy (non-hydrogen) atoms. The summed E-state index contributed by atoms with van der Waals surface area (Å²) in [6.07, 6.45) is 0.788. The smallest absolute Gasteiger partial charge is 0.316 e. The number of carbonyl (C=O) groups is 2. The average molecular weight is 301 g/mol. The van der Waals surface area contributed by atoms with Gasteiger partial charge in [0, 0.05) is 16.6 Å². The molecule has 1 unspecified atom stereocenters. The zero-order valence-electron chi connectivity index (χ0n) is 13.2. The van der Waals surface area contributed by atoms with Gasteiger partial charge in [0.25, 0.3) is 0 Å². The van der Waals surface area contributed by atoms with Gasteiger partial charge in [0.05, 0.1) is 14.2 Å². The van der Waals surface area contributed by atoms with Crippen LogP contribution in [-0.4, -0.2) is 31.0 Å². The summed E-state index contributed by atoms with van der Waals surface area (Å²) in [5.41, 5.74) is 1.99. The van der Waals surface area contributed by atoms with Crippen molar-refractivity contribution in [2.75, 3.05) is 14.2 Å². The highest BCUT2D eigenvalue weighted by molar-refractivity contribution is 6.15. The fourth-order valence-electron chi connectivity index (χ4n) is 2.33. The third kappa shape index (κ3) is 2.79. The van der Waals surface area contributed by atoms with Crippen molar-refractivity contribution in [2.45, 2.75) is 20.3 Å². The number of rotatable bonds is 5. The Morgan fingerprint density at radius 1 is 1.18 bits per heavy atom. The second kappa shape index (κ2) is 6.56. The van der Waals surface area contributed by atoms with Crippen LogP contribution in [0.25, 0.3) is 10.9 Å². The molecular formula is C17H19NO4. The summed E-state index contributed by atoms with van der Waals surface area (Å²) in [5.74, 6) is -1.09. The van der Waals surface area contributed by atoms with Crippen molar-refractivity contribution < 1.29 is 19.1 Å². The largest absolute Gasteiger partial charge is 0.494 e. The highest BCUT2D eigenvalue weighted by Crippen LogP contribution is 2.29. The minimum atomic E-state index is -0.854. The van der Waals surface area contributed by atoms with Crippen molar-refractivity contribution in [3.8, 4) is 5.75 Å². The third-order valence-corrected chi connectivity index (χ3v) is 3.67. The molecule has 5 nitrogen and oxygen atoms in total. The molecule has 2 aromatic rings. The lowest BCUT2D eigenvalue weighted by Gasteiger charge is -2.13. The van der Waals surface area contributed by atoms with Gasteiger partial charge in [0.1, 0.15) is 17.2 Å². The Kier molecular flexibility index (Phi) is 4.75. The number of methoxy groups -OCH3 is 2. The maximum Gasteiger partial charge on any atom is 0.316 e. The molecule has 2 rings (SSSR count). The van der Waals surface area contributed by atoms with E-state index >= 15 is 0 Å². The van der Waals surface area contributed by atoms with Gasteiger partial charge in [-0.2, -0.15) is 0 Å². The van der Waals surface area contributed by atoms with Gasteiger partial charge in [-0.05, 0) is 31.5 Å². The minimum absolute atomic E-state index is 0.287. The normalized spacial score (nSPS) is 12.0. The highest BCUT2D eigenvalue weighted by atomic mass is 16.5. The standard InChI is InChI=1S/C17H19NO4/c1-5-11-6-7-12-13(16(19)10(2)17(20)22-4)8-9-14(21-3)15(12)18-11/h6-10H,5H2,1-4H3. The zero-order chi connectivity index (χ0) is 16.3. The molecule has 0 aliphatic heterocycles. The Morgan fingerprint density at radius 3 is 2.50 bits per heavy atom. The first kappa shape index (κ1) is 15.9. The van der Waals surface area contributed by atoms with E-state index in [1.165, 1.54) is 14.0 Å². The molecule has 1 aromatic carbocycles. The summed E-state index contributed by atoms with van der Waals surface area (Å²) in [6.45, 7) is 3.55. The van der Waals surface area contributed by atoms with E-state index in [0.717, 1.165) is 12.1 Å². The number of hydrogen-bond acceptors (Lipinski definition) is 5. The van der Waals surface area contributed by atoms with E-state index in [0.29, 0.717) is 22.2 Å². The molecular weight excluding hydrogens is 282 g/mol. The molecule has 1 aromatic heterocycles.